The average molecular weight is 368 g/mol. The number of ether oxygens (including phenoxy) is 6. The second kappa shape index (κ2) is 9.64. The Morgan fingerprint density at radius 2 is 1.73 bits per heavy atom. The monoisotopic (exact) mass is 368 g/mol. The lowest BCUT2D eigenvalue weighted by Crippen LogP contribution is -2.27. The second-order valence-corrected chi connectivity index (χ2v) is 5.75. The quantitative estimate of drug-likeness (QED) is 0.464. The third-order valence-electron chi connectivity index (χ3n) is 3.72. The SMILES string of the molecule is CCOC(=O)C1Cc2cc(OC(C)OCC)cc(OC(C)OCC)c2O1. The molecule has 0 amide bonds. The van der Waals surface area contributed by atoms with Gasteiger partial charge in [-0.1, -0.05) is 0 Å². The number of carbonyl (C=O) groups is 1. The number of fused-ring (bicyclic) bond motifs is 1. The number of hydrogen-bond acceptors (Lipinski definition) is 7. The van der Waals surface area contributed by atoms with Crippen molar-refractivity contribution in [2.24, 2.45) is 0 Å². The van der Waals surface area contributed by atoms with E-state index in [4.69, 9.17) is 28.4 Å². The lowest BCUT2D eigenvalue weighted by Gasteiger charge is -2.19. The third kappa shape index (κ3) is 5.25. The molecule has 1 aromatic carbocycles. The van der Waals surface area contributed by atoms with Crippen LogP contribution in [0.5, 0.6) is 17.2 Å². The van der Waals surface area contributed by atoms with Crippen molar-refractivity contribution in [3.63, 3.8) is 0 Å². The molecule has 0 N–H and O–H groups in total. The first kappa shape index (κ1) is 20.3. The van der Waals surface area contributed by atoms with E-state index in [-0.39, 0.29) is 0 Å². The maximum atomic E-state index is 12.0. The van der Waals surface area contributed by atoms with Gasteiger partial charge in [0.2, 0.25) is 0 Å². The molecule has 3 unspecified atom stereocenters. The summed E-state index contributed by atoms with van der Waals surface area (Å²) in [4.78, 5) is 12.0. The van der Waals surface area contributed by atoms with Crippen molar-refractivity contribution in [3.8, 4) is 17.2 Å². The molecule has 7 nitrogen and oxygen atoms in total. The summed E-state index contributed by atoms with van der Waals surface area (Å²) in [6.45, 7) is 10.5. The van der Waals surface area contributed by atoms with E-state index in [1.807, 2.05) is 26.8 Å². The summed E-state index contributed by atoms with van der Waals surface area (Å²) in [5, 5.41) is 0. The zero-order valence-electron chi connectivity index (χ0n) is 16.1. The van der Waals surface area contributed by atoms with Crippen LogP contribution in [0, 0.1) is 0 Å². The zero-order valence-corrected chi connectivity index (χ0v) is 16.1. The summed E-state index contributed by atoms with van der Waals surface area (Å²) < 4.78 is 33.4. The molecule has 0 aliphatic carbocycles. The van der Waals surface area contributed by atoms with Gasteiger partial charge in [-0.15, -0.1) is 0 Å². The van der Waals surface area contributed by atoms with Crippen LogP contribution in [0.3, 0.4) is 0 Å². The van der Waals surface area contributed by atoms with Crippen LogP contribution in [0.1, 0.15) is 40.2 Å². The summed E-state index contributed by atoms with van der Waals surface area (Å²) in [6, 6.07) is 3.56. The van der Waals surface area contributed by atoms with Gasteiger partial charge in [-0.3, -0.25) is 0 Å². The largest absolute Gasteiger partial charge is 0.474 e. The van der Waals surface area contributed by atoms with Crippen LogP contribution in [0.4, 0.5) is 0 Å². The smallest absolute Gasteiger partial charge is 0.347 e. The van der Waals surface area contributed by atoms with Crippen molar-refractivity contribution in [3.05, 3.63) is 17.7 Å². The number of hydrogen-bond donors (Lipinski definition) is 0. The molecule has 1 heterocycles. The maximum absolute atomic E-state index is 12.0. The highest BCUT2D eigenvalue weighted by molar-refractivity contribution is 5.77. The van der Waals surface area contributed by atoms with Gasteiger partial charge in [-0.2, -0.15) is 0 Å². The van der Waals surface area contributed by atoms with E-state index >= 15 is 0 Å². The molecule has 0 saturated carbocycles. The fraction of sp³-hybridized carbons (Fsp3) is 0.632. The minimum absolute atomic E-state index is 0.306. The molecule has 1 aliphatic heterocycles. The molecular weight excluding hydrogens is 340 g/mol. The van der Waals surface area contributed by atoms with Crippen LogP contribution in [0.15, 0.2) is 12.1 Å². The first-order chi connectivity index (χ1) is 12.5. The minimum atomic E-state index is -0.686. The molecule has 0 aromatic heterocycles. The van der Waals surface area contributed by atoms with E-state index in [2.05, 4.69) is 0 Å². The molecular formula is C19H28O7. The predicted molar refractivity (Wildman–Crippen MR) is 94.6 cm³/mol. The Labute approximate surface area is 154 Å². The third-order valence-corrected chi connectivity index (χ3v) is 3.72. The Bertz CT molecular complexity index is 602. The van der Waals surface area contributed by atoms with Crippen LogP contribution in [-0.2, 0) is 25.4 Å². The van der Waals surface area contributed by atoms with Crippen molar-refractivity contribution in [2.45, 2.75) is 59.7 Å². The van der Waals surface area contributed by atoms with Gasteiger partial charge in [-0.25, -0.2) is 4.79 Å². The molecule has 2 rings (SSSR count). The lowest BCUT2D eigenvalue weighted by molar-refractivity contribution is -0.150. The van der Waals surface area contributed by atoms with Crippen molar-refractivity contribution in [2.75, 3.05) is 19.8 Å². The number of rotatable bonds is 10. The molecule has 0 radical (unpaired) electrons. The molecule has 26 heavy (non-hydrogen) atoms. The van der Waals surface area contributed by atoms with Gasteiger partial charge in [-0.05, 0) is 40.7 Å². The van der Waals surface area contributed by atoms with Crippen LogP contribution >= 0.6 is 0 Å². The Hall–Kier alpha value is -1.99. The van der Waals surface area contributed by atoms with Crippen molar-refractivity contribution >= 4 is 5.97 Å². The van der Waals surface area contributed by atoms with Crippen LogP contribution in [0.25, 0.3) is 0 Å². The predicted octanol–water partition coefficient (Wildman–Crippen LogP) is 3.08. The van der Waals surface area contributed by atoms with Gasteiger partial charge in [0, 0.05) is 31.3 Å². The van der Waals surface area contributed by atoms with E-state index in [1.165, 1.54) is 0 Å². The lowest BCUT2D eigenvalue weighted by atomic mass is 10.1. The van der Waals surface area contributed by atoms with Gasteiger partial charge in [0.15, 0.2) is 30.2 Å². The summed E-state index contributed by atoms with van der Waals surface area (Å²) >= 11 is 0. The van der Waals surface area contributed by atoms with Crippen molar-refractivity contribution in [1.82, 2.24) is 0 Å². The topological polar surface area (TPSA) is 72.5 Å². The van der Waals surface area contributed by atoms with E-state index in [0.29, 0.717) is 43.5 Å². The van der Waals surface area contributed by atoms with E-state index < -0.39 is 24.7 Å². The fourth-order valence-electron chi connectivity index (χ4n) is 2.73. The Morgan fingerprint density at radius 3 is 2.35 bits per heavy atom. The van der Waals surface area contributed by atoms with Gasteiger partial charge in [0.25, 0.3) is 0 Å². The highest BCUT2D eigenvalue weighted by Gasteiger charge is 2.34. The van der Waals surface area contributed by atoms with Crippen molar-refractivity contribution < 1.29 is 33.2 Å². The van der Waals surface area contributed by atoms with Crippen molar-refractivity contribution in [1.29, 1.82) is 0 Å². The van der Waals surface area contributed by atoms with Gasteiger partial charge in [0.05, 0.1) is 6.61 Å². The zero-order chi connectivity index (χ0) is 19.1. The van der Waals surface area contributed by atoms with Gasteiger partial charge < -0.3 is 28.4 Å². The first-order valence-electron chi connectivity index (χ1n) is 9.05. The van der Waals surface area contributed by atoms with E-state index in [9.17, 15) is 4.79 Å². The molecule has 1 aliphatic rings. The molecule has 7 heteroatoms. The Balaban J connectivity index is 2.24. The minimum Gasteiger partial charge on any atom is -0.474 e. The molecule has 1 aromatic rings. The molecule has 0 saturated heterocycles. The maximum Gasteiger partial charge on any atom is 0.347 e. The normalized spacial score (nSPS) is 17.8. The average Bonchev–Trinajstić information content (AvgIpc) is 3.00. The summed E-state index contributed by atoms with van der Waals surface area (Å²) in [5.41, 5.74) is 0.822. The number of carbonyl (C=O) groups excluding carboxylic acids is 1. The standard InChI is InChI=1S/C19H28O7/c1-6-21-12(4)24-15-9-14-10-17(19(20)23-8-3)26-18(14)16(11-15)25-13(5)22-7-2/h9,11-13,17H,6-8,10H2,1-5H3. The molecule has 0 bridgehead atoms. The molecule has 0 spiro atoms. The van der Waals surface area contributed by atoms with Gasteiger partial charge in [0.1, 0.15) is 5.75 Å². The first-order valence-corrected chi connectivity index (χ1v) is 9.05. The molecule has 3 atom stereocenters. The number of esters is 1. The van der Waals surface area contributed by atoms with Gasteiger partial charge >= 0.3 is 5.97 Å². The van der Waals surface area contributed by atoms with E-state index in [1.54, 1.807) is 19.9 Å². The Kier molecular flexibility index (Phi) is 7.53. The van der Waals surface area contributed by atoms with Crippen LogP contribution in [-0.4, -0.2) is 44.5 Å². The molecule has 146 valence electrons. The second-order valence-electron chi connectivity index (χ2n) is 5.75. The summed E-state index contributed by atoms with van der Waals surface area (Å²) in [6.07, 6.45) is -1.16. The molecule has 0 fully saturated rings. The number of benzene rings is 1. The highest BCUT2D eigenvalue weighted by atomic mass is 16.7. The summed E-state index contributed by atoms with van der Waals surface area (Å²) in [5.74, 6) is 1.18. The summed E-state index contributed by atoms with van der Waals surface area (Å²) in [7, 11) is 0. The van der Waals surface area contributed by atoms with Crippen LogP contribution < -0.4 is 14.2 Å². The Morgan fingerprint density at radius 1 is 1.08 bits per heavy atom. The fourth-order valence-corrected chi connectivity index (χ4v) is 2.73. The van der Waals surface area contributed by atoms with Crippen LogP contribution in [0.2, 0.25) is 0 Å². The van der Waals surface area contributed by atoms with E-state index in [0.717, 1.165) is 5.56 Å². The highest BCUT2D eigenvalue weighted by Crippen LogP contribution is 2.42.